The van der Waals surface area contributed by atoms with Crippen LogP contribution in [0.3, 0.4) is 0 Å². The van der Waals surface area contributed by atoms with E-state index in [9.17, 15) is 9.90 Å². The normalized spacial score (nSPS) is 10.7. The SMILES string of the molecule is O=C(Nc1cc(Cl)cc(Cl)c1)Nc1c(Cl)cc(Cl)c2ccc(O)cc12. The molecule has 0 saturated carbocycles. The van der Waals surface area contributed by atoms with E-state index in [1.807, 2.05) is 0 Å². The predicted octanol–water partition coefficient (Wildman–Crippen LogP) is 6.80. The van der Waals surface area contributed by atoms with Gasteiger partial charge >= 0.3 is 6.03 Å². The zero-order valence-corrected chi connectivity index (χ0v) is 15.4. The van der Waals surface area contributed by atoms with Crippen molar-refractivity contribution in [3.63, 3.8) is 0 Å². The summed E-state index contributed by atoms with van der Waals surface area (Å²) in [5.74, 6) is 0.0240. The third kappa shape index (κ3) is 4.05. The molecule has 3 rings (SSSR count). The number of halogens is 4. The van der Waals surface area contributed by atoms with Gasteiger partial charge in [-0.25, -0.2) is 4.79 Å². The molecule has 2 amide bonds. The van der Waals surface area contributed by atoms with E-state index in [4.69, 9.17) is 46.4 Å². The Bertz CT molecular complexity index is 972. The van der Waals surface area contributed by atoms with Gasteiger partial charge in [0.2, 0.25) is 0 Å². The van der Waals surface area contributed by atoms with Crippen molar-refractivity contribution in [3.8, 4) is 5.75 Å². The number of fused-ring (bicyclic) bond motifs is 1. The van der Waals surface area contributed by atoms with Crippen molar-refractivity contribution in [2.24, 2.45) is 0 Å². The van der Waals surface area contributed by atoms with Crippen LogP contribution in [-0.4, -0.2) is 11.1 Å². The number of nitrogens with one attached hydrogen (secondary N) is 2. The van der Waals surface area contributed by atoms with Gasteiger partial charge in [0.05, 0.1) is 15.7 Å². The highest BCUT2D eigenvalue weighted by molar-refractivity contribution is 6.41. The number of phenolic OH excluding ortho intramolecular Hbond substituents is 1. The molecule has 3 N–H and O–H groups in total. The minimum absolute atomic E-state index is 0.0240. The van der Waals surface area contributed by atoms with E-state index < -0.39 is 6.03 Å². The van der Waals surface area contributed by atoms with Crippen molar-refractivity contribution < 1.29 is 9.90 Å². The topological polar surface area (TPSA) is 61.4 Å². The van der Waals surface area contributed by atoms with Gasteiger partial charge in [-0.3, -0.25) is 0 Å². The highest BCUT2D eigenvalue weighted by Crippen LogP contribution is 2.38. The molecule has 0 fully saturated rings. The molecule has 8 heteroatoms. The van der Waals surface area contributed by atoms with E-state index in [1.165, 1.54) is 18.2 Å². The van der Waals surface area contributed by atoms with Gasteiger partial charge in [-0.1, -0.05) is 46.4 Å². The van der Waals surface area contributed by atoms with Gasteiger partial charge in [0.1, 0.15) is 5.75 Å². The molecule has 3 aromatic carbocycles. The van der Waals surface area contributed by atoms with Gasteiger partial charge < -0.3 is 15.7 Å². The largest absolute Gasteiger partial charge is 0.508 e. The summed E-state index contributed by atoms with van der Waals surface area (Å²) < 4.78 is 0. The van der Waals surface area contributed by atoms with Crippen LogP contribution in [-0.2, 0) is 0 Å². The minimum Gasteiger partial charge on any atom is -0.508 e. The van der Waals surface area contributed by atoms with E-state index in [-0.39, 0.29) is 10.8 Å². The summed E-state index contributed by atoms with van der Waals surface area (Å²) in [6.07, 6.45) is 0. The van der Waals surface area contributed by atoms with Gasteiger partial charge in [0.25, 0.3) is 0 Å². The van der Waals surface area contributed by atoms with Crippen LogP contribution in [0, 0.1) is 0 Å². The van der Waals surface area contributed by atoms with Crippen molar-refractivity contribution in [1.29, 1.82) is 0 Å². The summed E-state index contributed by atoms with van der Waals surface area (Å²) in [5.41, 5.74) is 0.745. The molecule has 0 atom stereocenters. The van der Waals surface area contributed by atoms with Gasteiger partial charge in [-0.15, -0.1) is 0 Å². The fraction of sp³-hybridized carbons (Fsp3) is 0. The first-order valence-corrected chi connectivity index (χ1v) is 8.49. The van der Waals surface area contributed by atoms with Crippen LogP contribution in [0.4, 0.5) is 16.2 Å². The molecule has 25 heavy (non-hydrogen) atoms. The van der Waals surface area contributed by atoms with Crippen LogP contribution in [0.5, 0.6) is 5.75 Å². The molecule has 0 radical (unpaired) electrons. The standard InChI is InChI=1S/C17H10Cl4N2O2/c18-8-3-9(19)5-10(4-8)22-17(25)23-16-13-6-11(24)1-2-12(13)14(20)7-15(16)21/h1-7,24H,(H2,22,23,25). The molecule has 0 spiro atoms. The van der Waals surface area contributed by atoms with Crippen LogP contribution in [0.1, 0.15) is 0 Å². The number of amides is 2. The van der Waals surface area contributed by atoms with Gasteiger partial charge in [0, 0.05) is 26.5 Å². The lowest BCUT2D eigenvalue weighted by molar-refractivity contribution is 0.262. The van der Waals surface area contributed by atoms with Crippen molar-refractivity contribution in [3.05, 3.63) is 62.6 Å². The van der Waals surface area contributed by atoms with Crippen LogP contribution in [0.15, 0.2) is 42.5 Å². The molecular formula is C17H10Cl4N2O2. The lowest BCUT2D eigenvalue weighted by Gasteiger charge is -2.13. The Hall–Kier alpha value is -1.85. The van der Waals surface area contributed by atoms with Crippen molar-refractivity contribution >= 4 is 74.6 Å². The number of anilines is 2. The van der Waals surface area contributed by atoms with Gasteiger partial charge in [-0.2, -0.15) is 0 Å². The van der Waals surface area contributed by atoms with Crippen LogP contribution < -0.4 is 10.6 Å². The number of hydrogen-bond donors (Lipinski definition) is 3. The fourth-order valence-corrected chi connectivity index (χ4v) is 3.48. The Balaban J connectivity index is 1.94. The summed E-state index contributed by atoms with van der Waals surface area (Å²) >= 11 is 24.2. The van der Waals surface area contributed by atoms with Gasteiger partial charge in [-0.05, 0) is 42.5 Å². The van der Waals surface area contributed by atoms with Crippen LogP contribution >= 0.6 is 46.4 Å². The molecule has 0 aliphatic carbocycles. The maximum atomic E-state index is 12.3. The Labute approximate surface area is 163 Å². The van der Waals surface area contributed by atoms with E-state index in [0.717, 1.165) is 0 Å². The van der Waals surface area contributed by atoms with Crippen LogP contribution in [0.2, 0.25) is 20.1 Å². The molecule has 0 heterocycles. The Morgan fingerprint density at radius 1 is 0.800 bits per heavy atom. The quantitative estimate of drug-likeness (QED) is 0.430. The molecule has 128 valence electrons. The molecule has 0 aliphatic rings. The van der Waals surface area contributed by atoms with Crippen molar-refractivity contribution in [1.82, 2.24) is 0 Å². The number of benzene rings is 3. The summed E-state index contributed by atoms with van der Waals surface area (Å²) in [6.45, 7) is 0. The maximum Gasteiger partial charge on any atom is 0.323 e. The van der Waals surface area contributed by atoms with Crippen molar-refractivity contribution in [2.45, 2.75) is 0 Å². The van der Waals surface area contributed by atoms with E-state index in [2.05, 4.69) is 10.6 Å². The maximum absolute atomic E-state index is 12.3. The number of hydrogen-bond acceptors (Lipinski definition) is 2. The number of carbonyl (C=O) groups is 1. The smallest absolute Gasteiger partial charge is 0.323 e. The predicted molar refractivity (Wildman–Crippen MR) is 105 cm³/mol. The number of phenols is 1. The second kappa shape index (κ2) is 7.18. The summed E-state index contributed by atoms with van der Waals surface area (Å²) in [5, 5.41) is 17.6. The molecular weight excluding hydrogens is 406 g/mol. The monoisotopic (exact) mass is 414 g/mol. The molecule has 0 saturated heterocycles. The Kier molecular flexibility index (Phi) is 5.16. The molecule has 0 unspecified atom stereocenters. The first-order valence-electron chi connectivity index (χ1n) is 6.98. The Morgan fingerprint density at radius 2 is 1.48 bits per heavy atom. The first-order chi connectivity index (χ1) is 11.8. The third-order valence-corrected chi connectivity index (χ3v) is 4.43. The highest BCUT2D eigenvalue weighted by atomic mass is 35.5. The molecule has 0 aromatic heterocycles. The van der Waals surface area contributed by atoms with Gasteiger partial charge in [0.15, 0.2) is 0 Å². The molecule has 4 nitrogen and oxygen atoms in total. The summed E-state index contributed by atoms with van der Waals surface area (Å²) in [6, 6.07) is 10.3. The molecule has 3 aromatic rings. The number of urea groups is 1. The third-order valence-electron chi connectivity index (χ3n) is 3.38. The average Bonchev–Trinajstić information content (AvgIpc) is 2.50. The van der Waals surface area contributed by atoms with E-state index >= 15 is 0 Å². The molecule has 0 bridgehead atoms. The van der Waals surface area contributed by atoms with E-state index in [0.29, 0.717) is 37.2 Å². The number of carbonyl (C=O) groups excluding carboxylic acids is 1. The average molecular weight is 416 g/mol. The first kappa shape index (κ1) is 18.0. The summed E-state index contributed by atoms with van der Waals surface area (Å²) in [4.78, 5) is 12.3. The Morgan fingerprint density at radius 3 is 2.16 bits per heavy atom. The van der Waals surface area contributed by atoms with Crippen LogP contribution in [0.25, 0.3) is 10.8 Å². The lowest BCUT2D eigenvalue weighted by atomic mass is 10.1. The zero-order valence-electron chi connectivity index (χ0n) is 12.4. The number of rotatable bonds is 2. The highest BCUT2D eigenvalue weighted by Gasteiger charge is 2.14. The molecule has 0 aliphatic heterocycles. The lowest BCUT2D eigenvalue weighted by Crippen LogP contribution is -2.19. The summed E-state index contributed by atoms with van der Waals surface area (Å²) in [7, 11) is 0. The zero-order chi connectivity index (χ0) is 18.1. The second-order valence-corrected chi connectivity index (χ2v) is 6.87. The number of aromatic hydroxyl groups is 1. The minimum atomic E-state index is -0.549. The fourth-order valence-electron chi connectivity index (χ4n) is 2.37. The van der Waals surface area contributed by atoms with E-state index in [1.54, 1.807) is 24.3 Å². The second-order valence-electron chi connectivity index (χ2n) is 5.18. The van der Waals surface area contributed by atoms with Crippen molar-refractivity contribution in [2.75, 3.05) is 10.6 Å².